The number of benzene rings is 2. The molecule has 0 saturated carbocycles. The van der Waals surface area contributed by atoms with E-state index in [0.29, 0.717) is 22.2 Å². The van der Waals surface area contributed by atoms with Gasteiger partial charge in [0.15, 0.2) is 5.78 Å². The maximum Gasteiger partial charge on any atom is 0.176 e. The van der Waals surface area contributed by atoms with Crippen LogP contribution in [0.2, 0.25) is 10.0 Å². The van der Waals surface area contributed by atoms with Gasteiger partial charge in [0, 0.05) is 21.7 Å². The first kappa shape index (κ1) is 16.0. The Morgan fingerprint density at radius 1 is 1.10 bits per heavy atom. The van der Waals surface area contributed by atoms with E-state index in [2.05, 4.69) is 6.92 Å². The molecular weight excluding hydrogens is 305 g/mol. The van der Waals surface area contributed by atoms with Crippen LogP contribution in [0, 0.1) is 0 Å². The number of carbonyl (C=O) groups excluding carboxylic acids is 1. The highest BCUT2D eigenvalue weighted by Gasteiger charge is 2.16. The molecule has 0 aliphatic heterocycles. The topological polar surface area (TPSA) is 20.3 Å². The molecule has 1 unspecified atom stereocenters. The van der Waals surface area contributed by atoms with Crippen LogP contribution in [0.1, 0.15) is 28.9 Å². The first-order valence-electron chi connectivity index (χ1n) is 6.72. The Kier molecular flexibility index (Phi) is 5.40. The number of halogens is 2. The fourth-order valence-electron chi connectivity index (χ4n) is 2.11. The zero-order valence-electron chi connectivity index (χ0n) is 12.0. The van der Waals surface area contributed by atoms with Crippen LogP contribution in [-0.2, 0) is 0 Å². The van der Waals surface area contributed by atoms with Gasteiger partial charge in [-0.25, -0.2) is 0 Å². The lowest BCUT2D eigenvalue weighted by Crippen LogP contribution is -2.28. The van der Waals surface area contributed by atoms with E-state index in [1.165, 1.54) is 0 Å². The lowest BCUT2D eigenvalue weighted by Gasteiger charge is -2.24. The van der Waals surface area contributed by atoms with E-state index in [9.17, 15) is 4.79 Å². The molecule has 0 bridgehead atoms. The van der Waals surface area contributed by atoms with Crippen LogP contribution in [0.5, 0.6) is 0 Å². The van der Waals surface area contributed by atoms with Gasteiger partial charge in [-0.3, -0.25) is 9.69 Å². The van der Waals surface area contributed by atoms with Crippen molar-refractivity contribution in [2.45, 2.75) is 13.0 Å². The molecule has 0 heterocycles. The average Bonchev–Trinajstić information content (AvgIpc) is 2.47. The first-order valence-corrected chi connectivity index (χ1v) is 7.47. The summed E-state index contributed by atoms with van der Waals surface area (Å²) in [6, 6.07) is 14.8. The van der Waals surface area contributed by atoms with E-state index in [0.717, 1.165) is 5.56 Å². The fraction of sp³-hybridized carbons (Fsp3) is 0.235. The average molecular weight is 322 g/mol. The molecular formula is C17H17Cl2NO. The number of ketones is 1. The Labute approximate surface area is 135 Å². The van der Waals surface area contributed by atoms with Gasteiger partial charge in [0.2, 0.25) is 0 Å². The van der Waals surface area contributed by atoms with Gasteiger partial charge in [0.05, 0.1) is 6.54 Å². The number of carbonyl (C=O) groups is 1. The van der Waals surface area contributed by atoms with Crippen LogP contribution in [0.4, 0.5) is 0 Å². The first-order chi connectivity index (χ1) is 9.97. The lowest BCUT2D eigenvalue weighted by molar-refractivity contribution is 0.0925. The summed E-state index contributed by atoms with van der Waals surface area (Å²) in [5, 5.41) is 1.34. The summed E-state index contributed by atoms with van der Waals surface area (Å²) in [7, 11) is 1.93. The van der Waals surface area contributed by atoms with Crippen molar-refractivity contribution < 1.29 is 4.79 Å². The van der Waals surface area contributed by atoms with Gasteiger partial charge in [0.1, 0.15) is 0 Å². The molecule has 0 aliphatic carbocycles. The largest absolute Gasteiger partial charge is 0.293 e. The molecule has 21 heavy (non-hydrogen) atoms. The maximum absolute atomic E-state index is 12.3. The van der Waals surface area contributed by atoms with Gasteiger partial charge >= 0.3 is 0 Å². The second-order valence-electron chi connectivity index (χ2n) is 5.08. The molecule has 0 radical (unpaired) electrons. The number of Topliss-reactive ketones (excluding diaryl/α,β-unsaturated/α-hetero) is 1. The minimum atomic E-state index is 0.0723. The van der Waals surface area contributed by atoms with Crippen LogP contribution in [0.3, 0.4) is 0 Å². The van der Waals surface area contributed by atoms with E-state index < -0.39 is 0 Å². The molecule has 2 aromatic carbocycles. The molecule has 0 saturated heterocycles. The Balaban J connectivity index is 2.05. The number of hydrogen-bond acceptors (Lipinski definition) is 2. The summed E-state index contributed by atoms with van der Waals surface area (Å²) in [4.78, 5) is 14.3. The van der Waals surface area contributed by atoms with E-state index in [1.807, 2.05) is 36.2 Å². The molecule has 110 valence electrons. The zero-order chi connectivity index (χ0) is 15.4. The van der Waals surface area contributed by atoms with Crippen molar-refractivity contribution in [1.29, 1.82) is 0 Å². The number of hydrogen-bond donors (Lipinski definition) is 0. The molecule has 4 heteroatoms. The van der Waals surface area contributed by atoms with Crippen molar-refractivity contribution in [3.63, 3.8) is 0 Å². The Morgan fingerprint density at radius 2 is 1.76 bits per heavy atom. The Bertz CT molecular complexity index is 625. The predicted octanol–water partition coefficient (Wildman–Crippen LogP) is 4.87. The summed E-state index contributed by atoms with van der Waals surface area (Å²) in [6.45, 7) is 2.40. The van der Waals surface area contributed by atoms with Crippen molar-refractivity contribution in [2.24, 2.45) is 0 Å². The highest BCUT2D eigenvalue weighted by molar-refractivity contribution is 6.30. The smallest absolute Gasteiger partial charge is 0.176 e. The molecule has 0 amide bonds. The number of likely N-dealkylation sites (N-methyl/N-ethyl adjacent to an activating group) is 1. The van der Waals surface area contributed by atoms with Crippen LogP contribution >= 0.6 is 23.2 Å². The molecule has 0 aromatic heterocycles. The van der Waals surface area contributed by atoms with Gasteiger partial charge in [-0.05, 0) is 55.9 Å². The number of nitrogens with zero attached hydrogens (tertiary/aromatic N) is 1. The SMILES string of the molecule is CC(c1cccc(Cl)c1)N(C)CC(=O)c1ccc(Cl)cc1. The van der Waals surface area contributed by atoms with Crippen LogP contribution < -0.4 is 0 Å². The molecule has 2 nitrogen and oxygen atoms in total. The molecule has 2 rings (SSSR count). The van der Waals surface area contributed by atoms with E-state index in [4.69, 9.17) is 23.2 Å². The van der Waals surface area contributed by atoms with Gasteiger partial charge in [-0.1, -0.05) is 35.3 Å². The second-order valence-corrected chi connectivity index (χ2v) is 5.95. The Morgan fingerprint density at radius 3 is 2.38 bits per heavy atom. The molecule has 0 spiro atoms. The van der Waals surface area contributed by atoms with Crippen molar-refractivity contribution in [3.8, 4) is 0 Å². The van der Waals surface area contributed by atoms with Crippen molar-refractivity contribution in [2.75, 3.05) is 13.6 Å². The molecule has 2 aromatic rings. The third-order valence-electron chi connectivity index (χ3n) is 3.55. The third kappa shape index (κ3) is 4.31. The highest BCUT2D eigenvalue weighted by Crippen LogP contribution is 2.22. The van der Waals surface area contributed by atoms with Crippen LogP contribution in [-0.4, -0.2) is 24.3 Å². The quantitative estimate of drug-likeness (QED) is 0.732. The van der Waals surface area contributed by atoms with Gasteiger partial charge in [-0.2, -0.15) is 0 Å². The fourth-order valence-corrected chi connectivity index (χ4v) is 2.44. The minimum absolute atomic E-state index is 0.0723. The third-order valence-corrected chi connectivity index (χ3v) is 4.04. The van der Waals surface area contributed by atoms with E-state index in [1.54, 1.807) is 24.3 Å². The molecule has 0 fully saturated rings. The van der Waals surface area contributed by atoms with Crippen molar-refractivity contribution in [3.05, 3.63) is 69.7 Å². The predicted molar refractivity (Wildman–Crippen MR) is 88.3 cm³/mol. The van der Waals surface area contributed by atoms with E-state index in [-0.39, 0.29) is 11.8 Å². The summed E-state index contributed by atoms with van der Waals surface area (Å²) >= 11 is 11.8. The zero-order valence-corrected chi connectivity index (χ0v) is 13.5. The Hall–Kier alpha value is -1.35. The monoisotopic (exact) mass is 321 g/mol. The lowest BCUT2D eigenvalue weighted by atomic mass is 10.1. The van der Waals surface area contributed by atoms with Crippen molar-refractivity contribution in [1.82, 2.24) is 4.90 Å². The number of rotatable bonds is 5. The minimum Gasteiger partial charge on any atom is -0.293 e. The standard InChI is InChI=1S/C17H17Cl2NO/c1-12(14-4-3-5-16(19)10-14)20(2)11-17(21)13-6-8-15(18)9-7-13/h3-10,12H,11H2,1-2H3. The van der Waals surface area contributed by atoms with Gasteiger partial charge < -0.3 is 0 Å². The van der Waals surface area contributed by atoms with Crippen LogP contribution in [0.25, 0.3) is 0 Å². The summed E-state index contributed by atoms with van der Waals surface area (Å²) < 4.78 is 0. The maximum atomic E-state index is 12.3. The van der Waals surface area contributed by atoms with E-state index >= 15 is 0 Å². The highest BCUT2D eigenvalue weighted by atomic mass is 35.5. The summed E-state index contributed by atoms with van der Waals surface area (Å²) in [6.07, 6.45) is 0. The van der Waals surface area contributed by atoms with Gasteiger partial charge in [0.25, 0.3) is 0 Å². The summed E-state index contributed by atoms with van der Waals surface area (Å²) in [5.74, 6) is 0.0723. The van der Waals surface area contributed by atoms with Crippen LogP contribution in [0.15, 0.2) is 48.5 Å². The summed E-state index contributed by atoms with van der Waals surface area (Å²) in [5.41, 5.74) is 1.76. The normalized spacial score (nSPS) is 12.4. The molecule has 1 atom stereocenters. The molecule has 0 aliphatic rings. The second kappa shape index (κ2) is 7.08. The van der Waals surface area contributed by atoms with Gasteiger partial charge in [-0.15, -0.1) is 0 Å². The molecule has 0 N–H and O–H groups in total. The van der Waals surface area contributed by atoms with Crippen molar-refractivity contribution >= 4 is 29.0 Å².